The molecule has 0 bridgehead atoms. The SMILES string of the molecule is CC1CCCCCC1NC(=O)C1CC12CCNCC2. The fourth-order valence-electron chi connectivity index (χ4n) is 4.19. The zero-order chi connectivity index (χ0) is 13.3. The van der Waals surface area contributed by atoms with Crippen LogP contribution in [0.2, 0.25) is 0 Å². The number of rotatable bonds is 2. The topological polar surface area (TPSA) is 41.1 Å². The van der Waals surface area contributed by atoms with Gasteiger partial charge < -0.3 is 10.6 Å². The van der Waals surface area contributed by atoms with Gasteiger partial charge in [0.05, 0.1) is 0 Å². The summed E-state index contributed by atoms with van der Waals surface area (Å²) in [6.45, 7) is 4.51. The lowest BCUT2D eigenvalue weighted by molar-refractivity contribution is -0.124. The lowest BCUT2D eigenvalue weighted by Gasteiger charge is -2.26. The van der Waals surface area contributed by atoms with Gasteiger partial charge in [-0.15, -0.1) is 0 Å². The van der Waals surface area contributed by atoms with Crippen LogP contribution in [-0.4, -0.2) is 25.0 Å². The maximum atomic E-state index is 12.5. The molecule has 3 fully saturated rings. The smallest absolute Gasteiger partial charge is 0.223 e. The molecule has 2 saturated carbocycles. The minimum Gasteiger partial charge on any atom is -0.353 e. The Kier molecular flexibility index (Phi) is 3.84. The van der Waals surface area contributed by atoms with E-state index in [0.29, 0.717) is 29.2 Å². The molecule has 1 spiro atoms. The van der Waals surface area contributed by atoms with Crippen LogP contribution in [0.25, 0.3) is 0 Å². The fraction of sp³-hybridized carbons (Fsp3) is 0.938. The highest BCUT2D eigenvalue weighted by Crippen LogP contribution is 2.58. The maximum Gasteiger partial charge on any atom is 0.223 e. The van der Waals surface area contributed by atoms with E-state index in [4.69, 9.17) is 0 Å². The van der Waals surface area contributed by atoms with Crippen LogP contribution in [0.5, 0.6) is 0 Å². The Morgan fingerprint density at radius 1 is 1.16 bits per heavy atom. The zero-order valence-electron chi connectivity index (χ0n) is 12.2. The van der Waals surface area contributed by atoms with Gasteiger partial charge in [0.2, 0.25) is 5.91 Å². The second-order valence-corrected chi connectivity index (χ2v) is 7.10. The van der Waals surface area contributed by atoms with Crippen molar-refractivity contribution in [3.8, 4) is 0 Å². The van der Waals surface area contributed by atoms with Crippen molar-refractivity contribution in [2.24, 2.45) is 17.3 Å². The van der Waals surface area contributed by atoms with Crippen molar-refractivity contribution in [1.29, 1.82) is 0 Å². The van der Waals surface area contributed by atoms with E-state index in [-0.39, 0.29) is 0 Å². The highest BCUT2D eigenvalue weighted by Gasteiger charge is 2.57. The van der Waals surface area contributed by atoms with E-state index in [2.05, 4.69) is 17.6 Å². The molecule has 0 aromatic heterocycles. The van der Waals surface area contributed by atoms with Gasteiger partial charge >= 0.3 is 0 Å². The zero-order valence-corrected chi connectivity index (χ0v) is 12.2. The quantitative estimate of drug-likeness (QED) is 0.752. The van der Waals surface area contributed by atoms with E-state index < -0.39 is 0 Å². The molecule has 3 atom stereocenters. The molecule has 3 aliphatic rings. The predicted molar refractivity (Wildman–Crippen MR) is 76.8 cm³/mol. The van der Waals surface area contributed by atoms with Crippen LogP contribution in [0.3, 0.4) is 0 Å². The van der Waals surface area contributed by atoms with Crippen LogP contribution in [-0.2, 0) is 4.79 Å². The third-order valence-electron chi connectivity index (χ3n) is 5.79. The van der Waals surface area contributed by atoms with E-state index in [0.717, 1.165) is 19.5 Å². The van der Waals surface area contributed by atoms with Crippen LogP contribution in [0.4, 0.5) is 0 Å². The van der Waals surface area contributed by atoms with Crippen molar-refractivity contribution in [3.63, 3.8) is 0 Å². The van der Waals surface area contributed by atoms with Gasteiger partial charge in [0.1, 0.15) is 0 Å². The summed E-state index contributed by atoms with van der Waals surface area (Å²) in [7, 11) is 0. The highest BCUT2D eigenvalue weighted by atomic mass is 16.2. The second kappa shape index (κ2) is 5.43. The molecule has 1 aliphatic heterocycles. The number of amides is 1. The number of hydrogen-bond donors (Lipinski definition) is 2. The monoisotopic (exact) mass is 264 g/mol. The molecule has 3 rings (SSSR count). The van der Waals surface area contributed by atoms with E-state index in [1.807, 2.05) is 0 Å². The van der Waals surface area contributed by atoms with Crippen molar-refractivity contribution >= 4 is 5.91 Å². The standard InChI is InChI=1S/C16H28N2O/c1-12-5-3-2-4-6-14(12)18-15(19)13-11-16(13)7-9-17-10-8-16/h12-14,17H,2-11H2,1H3,(H,18,19). The molecule has 0 aromatic carbocycles. The minimum absolute atomic E-state index is 0.324. The van der Waals surface area contributed by atoms with E-state index in [9.17, 15) is 4.79 Å². The summed E-state index contributed by atoms with van der Waals surface area (Å²) >= 11 is 0. The first-order valence-corrected chi connectivity index (χ1v) is 8.22. The van der Waals surface area contributed by atoms with Crippen molar-refractivity contribution in [1.82, 2.24) is 10.6 Å². The Morgan fingerprint density at radius 2 is 1.89 bits per heavy atom. The van der Waals surface area contributed by atoms with Gasteiger partial charge in [-0.1, -0.05) is 26.2 Å². The molecule has 3 nitrogen and oxygen atoms in total. The molecule has 1 saturated heterocycles. The Balaban J connectivity index is 1.54. The number of carbonyl (C=O) groups excluding carboxylic acids is 1. The normalized spacial score (nSPS) is 37.6. The van der Waals surface area contributed by atoms with Gasteiger partial charge in [0.25, 0.3) is 0 Å². The first kappa shape index (κ1) is 13.4. The third-order valence-corrected chi connectivity index (χ3v) is 5.79. The molecule has 2 aliphatic carbocycles. The van der Waals surface area contributed by atoms with Crippen molar-refractivity contribution in [3.05, 3.63) is 0 Å². The predicted octanol–water partition coefficient (Wildman–Crippen LogP) is 2.46. The Labute approximate surface area is 116 Å². The highest BCUT2D eigenvalue weighted by molar-refractivity contribution is 5.82. The van der Waals surface area contributed by atoms with Crippen molar-refractivity contribution < 1.29 is 4.79 Å². The van der Waals surface area contributed by atoms with E-state index in [1.165, 1.54) is 44.9 Å². The van der Waals surface area contributed by atoms with Gasteiger partial charge in [-0.3, -0.25) is 4.79 Å². The molecule has 3 heteroatoms. The van der Waals surface area contributed by atoms with Crippen molar-refractivity contribution in [2.45, 2.75) is 64.3 Å². The Hall–Kier alpha value is -0.570. The molecule has 108 valence electrons. The van der Waals surface area contributed by atoms with Crippen LogP contribution >= 0.6 is 0 Å². The van der Waals surface area contributed by atoms with Crippen molar-refractivity contribution in [2.75, 3.05) is 13.1 Å². The van der Waals surface area contributed by atoms with Crippen LogP contribution < -0.4 is 10.6 Å². The average molecular weight is 264 g/mol. The summed E-state index contributed by atoms with van der Waals surface area (Å²) in [6, 6.07) is 0.439. The lowest BCUT2D eigenvalue weighted by atomic mass is 9.91. The van der Waals surface area contributed by atoms with Gasteiger partial charge in [0.15, 0.2) is 0 Å². The van der Waals surface area contributed by atoms with Gasteiger partial charge in [-0.05, 0) is 56.5 Å². The summed E-state index contributed by atoms with van der Waals surface area (Å²) in [6.07, 6.45) is 9.98. The first-order chi connectivity index (χ1) is 9.21. The third kappa shape index (κ3) is 2.81. The van der Waals surface area contributed by atoms with E-state index >= 15 is 0 Å². The van der Waals surface area contributed by atoms with Crippen LogP contribution in [0, 0.1) is 17.3 Å². The molecule has 19 heavy (non-hydrogen) atoms. The summed E-state index contributed by atoms with van der Waals surface area (Å²) in [5.74, 6) is 1.35. The molecule has 1 heterocycles. The second-order valence-electron chi connectivity index (χ2n) is 7.10. The van der Waals surface area contributed by atoms with Gasteiger partial charge in [0, 0.05) is 12.0 Å². The Bertz CT molecular complexity index is 336. The maximum absolute atomic E-state index is 12.5. The van der Waals surface area contributed by atoms with Crippen LogP contribution in [0.1, 0.15) is 58.3 Å². The summed E-state index contributed by atoms with van der Waals surface area (Å²) < 4.78 is 0. The molecule has 0 radical (unpaired) electrons. The molecule has 2 N–H and O–H groups in total. The number of nitrogens with one attached hydrogen (secondary N) is 2. The number of carbonyl (C=O) groups is 1. The number of piperidine rings is 1. The molecule has 0 aromatic rings. The molecular weight excluding hydrogens is 236 g/mol. The van der Waals surface area contributed by atoms with Gasteiger partial charge in [-0.25, -0.2) is 0 Å². The first-order valence-electron chi connectivity index (χ1n) is 8.22. The fourth-order valence-corrected chi connectivity index (χ4v) is 4.19. The number of hydrogen-bond acceptors (Lipinski definition) is 2. The minimum atomic E-state index is 0.324. The largest absolute Gasteiger partial charge is 0.353 e. The Morgan fingerprint density at radius 3 is 2.68 bits per heavy atom. The average Bonchev–Trinajstić information content (AvgIpc) is 3.14. The summed E-state index contributed by atoms with van der Waals surface area (Å²) in [5.41, 5.74) is 0.378. The molecule has 1 amide bonds. The lowest BCUT2D eigenvalue weighted by Crippen LogP contribution is -2.41. The molecular formula is C16H28N2O. The van der Waals surface area contributed by atoms with Gasteiger partial charge in [-0.2, -0.15) is 0 Å². The van der Waals surface area contributed by atoms with Crippen LogP contribution in [0.15, 0.2) is 0 Å². The van der Waals surface area contributed by atoms with E-state index in [1.54, 1.807) is 0 Å². The summed E-state index contributed by atoms with van der Waals surface area (Å²) in [4.78, 5) is 12.5. The molecule has 3 unspecified atom stereocenters. The summed E-state index contributed by atoms with van der Waals surface area (Å²) in [5, 5.41) is 6.79.